The van der Waals surface area contributed by atoms with Crippen LogP contribution in [0.5, 0.6) is 11.5 Å². The SMILES string of the molecule is COc1cc(/C=N/NC(=O)Cc2ccc(F)cc2)ccc1OCC(=O)Nc1ccc(F)cc1. The Labute approximate surface area is 189 Å². The number of hydrazone groups is 1. The van der Waals surface area contributed by atoms with Crippen LogP contribution in [0.4, 0.5) is 14.5 Å². The fourth-order valence-corrected chi connectivity index (χ4v) is 2.76. The summed E-state index contributed by atoms with van der Waals surface area (Å²) in [5, 5.41) is 6.50. The number of nitrogens with zero attached hydrogens (tertiary/aromatic N) is 1. The number of rotatable bonds is 9. The summed E-state index contributed by atoms with van der Waals surface area (Å²) in [6, 6.07) is 15.9. The van der Waals surface area contributed by atoms with Crippen molar-refractivity contribution in [3.05, 3.63) is 89.5 Å². The van der Waals surface area contributed by atoms with Crippen molar-refractivity contribution in [1.29, 1.82) is 0 Å². The summed E-state index contributed by atoms with van der Waals surface area (Å²) in [5.74, 6) is -0.831. The third-order valence-electron chi connectivity index (χ3n) is 4.36. The van der Waals surface area contributed by atoms with Crippen molar-refractivity contribution in [3.8, 4) is 11.5 Å². The topological polar surface area (TPSA) is 89.0 Å². The van der Waals surface area contributed by atoms with Gasteiger partial charge in [-0.1, -0.05) is 12.1 Å². The molecule has 0 heterocycles. The number of ether oxygens (including phenoxy) is 2. The minimum absolute atomic E-state index is 0.0632. The second-order valence-electron chi connectivity index (χ2n) is 6.85. The van der Waals surface area contributed by atoms with Crippen LogP contribution in [0.3, 0.4) is 0 Å². The number of benzene rings is 3. The normalized spacial score (nSPS) is 10.6. The zero-order valence-electron chi connectivity index (χ0n) is 17.7. The molecule has 0 bridgehead atoms. The van der Waals surface area contributed by atoms with E-state index in [1.807, 2.05) is 0 Å². The molecule has 0 spiro atoms. The predicted octanol–water partition coefficient (Wildman–Crippen LogP) is 3.68. The molecule has 2 amide bonds. The number of halogens is 2. The Balaban J connectivity index is 1.51. The molecule has 3 aromatic rings. The first kappa shape index (κ1) is 23.4. The highest BCUT2D eigenvalue weighted by molar-refractivity contribution is 5.92. The molecule has 0 aliphatic carbocycles. The smallest absolute Gasteiger partial charge is 0.262 e. The van der Waals surface area contributed by atoms with E-state index in [4.69, 9.17) is 9.47 Å². The highest BCUT2D eigenvalue weighted by Crippen LogP contribution is 2.27. The molecule has 170 valence electrons. The maximum absolute atomic E-state index is 12.9. The first-order chi connectivity index (χ1) is 15.9. The van der Waals surface area contributed by atoms with E-state index in [-0.39, 0.29) is 24.8 Å². The van der Waals surface area contributed by atoms with Crippen LogP contribution in [0.15, 0.2) is 71.8 Å². The van der Waals surface area contributed by atoms with E-state index in [0.29, 0.717) is 28.3 Å². The molecule has 9 heteroatoms. The van der Waals surface area contributed by atoms with Crippen LogP contribution < -0.4 is 20.2 Å². The van der Waals surface area contributed by atoms with E-state index in [2.05, 4.69) is 15.8 Å². The van der Waals surface area contributed by atoms with Gasteiger partial charge in [0.25, 0.3) is 5.91 Å². The quantitative estimate of drug-likeness (QED) is 0.382. The Morgan fingerprint density at radius 2 is 1.58 bits per heavy atom. The molecule has 0 saturated heterocycles. The summed E-state index contributed by atoms with van der Waals surface area (Å²) in [6.07, 6.45) is 1.49. The van der Waals surface area contributed by atoms with Crippen LogP contribution in [0.2, 0.25) is 0 Å². The minimum Gasteiger partial charge on any atom is -0.493 e. The number of carbonyl (C=O) groups is 2. The molecule has 0 atom stereocenters. The molecule has 0 radical (unpaired) electrons. The molecule has 33 heavy (non-hydrogen) atoms. The Morgan fingerprint density at radius 1 is 0.909 bits per heavy atom. The Bertz CT molecular complexity index is 1130. The zero-order valence-corrected chi connectivity index (χ0v) is 17.7. The van der Waals surface area contributed by atoms with Gasteiger partial charge in [0, 0.05) is 5.69 Å². The number of nitrogens with one attached hydrogen (secondary N) is 2. The summed E-state index contributed by atoms with van der Waals surface area (Å²) >= 11 is 0. The molecule has 3 aromatic carbocycles. The molecule has 2 N–H and O–H groups in total. The second kappa shape index (κ2) is 11.4. The number of hydrogen-bond donors (Lipinski definition) is 2. The molecular formula is C24H21F2N3O4. The summed E-state index contributed by atoms with van der Waals surface area (Å²) in [7, 11) is 1.45. The van der Waals surface area contributed by atoms with Gasteiger partial charge in [-0.15, -0.1) is 0 Å². The largest absolute Gasteiger partial charge is 0.493 e. The number of carbonyl (C=O) groups excluding carboxylic acids is 2. The Hall–Kier alpha value is -4.27. The van der Waals surface area contributed by atoms with Crippen LogP contribution >= 0.6 is 0 Å². The maximum atomic E-state index is 12.9. The summed E-state index contributed by atoms with van der Waals surface area (Å²) in [6.45, 7) is -0.277. The molecule has 0 fully saturated rings. The third kappa shape index (κ3) is 7.42. The molecule has 0 saturated carbocycles. The molecule has 0 aliphatic rings. The minimum atomic E-state index is -0.418. The fraction of sp³-hybridized carbons (Fsp3) is 0.125. The van der Waals surface area contributed by atoms with Gasteiger partial charge in [0.1, 0.15) is 11.6 Å². The average molecular weight is 453 g/mol. The fourth-order valence-electron chi connectivity index (χ4n) is 2.76. The van der Waals surface area contributed by atoms with E-state index < -0.39 is 11.7 Å². The standard InChI is InChI=1S/C24H21F2N3O4/c1-32-22-12-17(14-27-29-23(30)13-16-2-5-18(25)6-3-16)4-11-21(22)33-15-24(31)28-20-9-7-19(26)8-10-20/h2-12,14H,13,15H2,1H3,(H,28,31)(H,29,30)/b27-14+. The van der Waals surface area contributed by atoms with Gasteiger partial charge in [-0.05, 0) is 65.7 Å². The van der Waals surface area contributed by atoms with Gasteiger partial charge in [-0.3, -0.25) is 9.59 Å². The Kier molecular flexibility index (Phi) is 8.07. The maximum Gasteiger partial charge on any atom is 0.262 e. The van der Waals surface area contributed by atoms with Crippen molar-refractivity contribution in [2.24, 2.45) is 5.10 Å². The van der Waals surface area contributed by atoms with Crippen LogP contribution in [0, 0.1) is 11.6 Å². The zero-order chi connectivity index (χ0) is 23.6. The molecular weight excluding hydrogens is 432 g/mol. The van der Waals surface area contributed by atoms with E-state index in [0.717, 1.165) is 0 Å². The summed E-state index contributed by atoms with van der Waals surface area (Å²) < 4.78 is 36.6. The van der Waals surface area contributed by atoms with E-state index in [1.54, 1.807) is 18.2 Å². The van der Waals surface area contributed by atoms with Crippen molar-refractivity contribution in [2.45, 2.75) is 6.42 Å². The summed E-state index contributed by atoms with van der Waals surface area (Å²) in [4.78, 5) is 24.0. The second-order valence-corrected chi connectivity index (χ2v) is 6.85. The van der Waals surface area contributed by atoms with Crippen molar-refractivity contribution in [3.63, 3.8) is 0 Å². The monoisotopic (exact) mass is 453 g/mol. The first-order valence-electron chi connectivity index (χ1n) is 9.85. The summed E-state index contributed by atoms with van der Waals surface area (Å²) in [5.41, 5.74) is 4.14. The van der Waals surface area contributed by atoms with E-state index in [1.165, 1.54) is 61.9 Å². The molecule has 7 nitrogen and oxygen atoms in total. The van der Waals surface area contributed by atoms with Crippen molar-refractivity contribution < 1.29 is 27.8 Å². The molecule has 0 unspecified atom stereocenters. The van der Waals surface area contributed by atoms with Crippen LogP contribution in [-0.4, -0.2) is 31.7 Å². The van der Waals surface area contributed by atoms with Gasteiger partial charge in [0.2, 0.25) is 5.91 Å². The highest BCUT2D eigenvalue weighted by atomic mass is 19.1. The van der Waals surface area contributed by atoms with Crippen LogP contribution in [0.25, 0.3) is 0 Å². The molecule has 3 rings (SSSR count). The number of hydrogen-bond acceptors (Lipinski definition) is 5. The van der Waals surface area contributed by atoms with Crippen LogP contribution in [-0.2, 0) is 16.0 Å². The lowest BCUT2D eigenvalue weighted by molar-refractivity contribution is -0.120. The van der Waals surface area contributed by atoms with Gasteiger partial charge < -0.3 is 14.8 Å². The van der Waals surface area contributed by atoms with Crippen molar-refractivity contribution in [1.82, 2.24) is 5.43 Å². The number of methoxy groups -OCH3 is 1. The lowest BCUT2D eigenvalue weighted by Crippen LogP contribution is -2.20. The number of amides is 2. The third-order valence-corrected chi connectivity index (χ3v) is 4.36. The van der Waals surface area contributed by atoms with Gasteiger partial charge in [0.05, 0.1) is 19.7 Å². The Morgan fingerprint density at radius 3 is 2.24 bits per heavy atom. The average Bonchev–Trinajstić information content (AvgIpc) is 2.81. The van der Waals surface area contributed by atoms with Gasteiger partial charge >= 0.3 is 0 Å². The molecule has 0 aromatic heterocycles. The van der Waals surface area contributed by atoms with E-state index in [9.17, 15) is 18.4 Å². The van der Waals surface area contributed by atoms with Crippen molar-refractivity contribution in [2.75, 3.05) is 19.0 Å². The predicted molar refractivity (Wildman–Crippen MR) is 119 cm³/mol. The van der Waals surface area contributed by atoms with Gasteiger partial charge in [-0.2, -0.15) is 5.10 Å². The van der Waals surface area contributed by atoms with Crippen molar-refractivity contribution >= 4 is 23.7 Å². The van der Waals surface area contributed by atoms with Gasteiger partial charge in [0.15, 0.2) is 18.1 Å². The highest BCUT2D eigenvalue weighted by Gasteiger charge is 2.09. The first-order valence-corrected chi connectivity index (χ1v) is 9.85. The lowest BCUT2D eigenvalue weighted by Gasteiger charge is -2.11. The lowest BCUT2D eigenvalue weighted by atomic mass is 10.1. The van der Waals surface area contributed by atoms with Gasteiger partial charge in [-0.25, -0.2) is 14.2 Å². The number of anilines is 1. The molecule has 0 aliphatic heterocycles. The van der Waals surface area contributed by atoms with Crippen LogP contribution in [0.1, 0.15) is 11.1 Å². The van der Waals surface area contributed by atoms with E-state index >= 15 is 0 Å².